The number of nitrogens with one attached hydrogen (secondary N) is 1. The van der Waals surface area contributed by atoms with Gasteiger partial charge in [0.2, 0.25) is 0 Å². The van der Waals surface area contributed by atoms with E-state index in [1.54, 1.807) is 30.3 Å². The van der Waals surface area contributed by atoms with E-state index in [2.05, 4.69) is 5.32 Å². The molecule has 0 aliphatic carbocycles. The summed E-state index contributed by atoms with van der Waals surface area (Å²) < 4.78 is 15.8. The third-order valence-electron chi connectivity index (χ3n) is 3.70. The SMILES string of the molecule is N#Cc1ccc(Cl)cc1NC(=O)COC(=O)/C=C/c1ccc2c(c1)OCCO2. The first-order valence-electron chi connectivity index (χ1n) is 8.29. The van der Waals surface area contributed by atoms with Crippen LogP contribution in [0.25, 0.3) is 6.08 Å². The summed E-state index contributed by atoms with van der Waals surface area (Å²) in [5.41, 5.74) is 1.23. The first-order valence-corrected chi connectivity index (χ1v) is 8.67. The van der Waals surface area contributed by atoms with E-state index < -0.39 is 18.5 Å². The molecule has 3 rings (SSSR count). The van der Waals surface area contributed by atoms with Gasteiger partial charge >= 0.3 is 5.97 Å². The minimum Gasteiger partial charge on any atom is -0.486 e. The number of esters is 1. The molecule has 0 bridgehead atoms. The summed E-state index contributed by atoms with van der Waals surface area (Å²) in [5, 5.41) is 11.9. The molecule has 0 unspecified atom stereocenters. The number of carbonyl (C=O) groups is 2. The van der Waals surface area contributed by atoms with E-state index >= 15 is 0 Å². The molecule has 142 valence electrons. The average Bonchev–Trinajstić information content (AvgIpc) is 2.70. The molecule has 0 saturated heterocycles. The number of nitrogens with zero attached hydrogens (tertiary/aromatic N) is 1. The fourth-order valence-corrected chi connectivity index (χ4v) is 2.59. The number of hydrogen-bond acceptors (Lipinski definition) is 6. The molecule has 1 aliphatic rings. The topological polar surface area (TPSA) is 97.7 Å². The maximum absolute atomic E-state index is 11.9. The Labute approximate surface area is 166 Å². The highest BCUT2D eigenvalue weighted by Gasteiger charge is 2.12. The molecular formula is C20H15ClN2O5. The molecule has 8 heteroatoms. The summed E-state index contributed by atoms with van der Waals surface area (Å²) in [6.07, 6.45) is 2.75. The Hall–Kier alpha value is -3.50. The van der Waals surface area contributed by atoms with Crippen LogP contribution in [0.2, 0.25) is 5.02 Å². The van der Waals surface area contributed by atoms with Crippen LogP contribution in [0.15, 0.2) is 42.5 Å². The van der Waals surface area contributed by atoms with Crippen LogP contribution in [0.5, 0.6) is 11.5 Å². The third kappa shape index (κ3) is 5.02. The molecule has 28 heavy (non-hydrogen) atoms. The van der Waals surface area contributed by atoms with E-state index in [-0.39, 0.29) is 11.3 Å². The van der Waals surface area contributed by atoms with Gasteiger partial charge in [-0.05, 0) is 42.0 Å². The van der Waals surface area contributed by atoms with Crippen LogP contribution in [0.1, 0.15) is 11.1 Å². The van der Waals surface area contributed by atoms with Gasteiger partial charge in [-0.3, -0.25) is 4.79 Å². The van der Waals surface area contributed by atoms with Crippen molar-refractivity contribution in [3.63, 3.8) is 0 Å². The van der Waals surface area contributed by atoms with Gasteiger partial charge in [0.15, 0.2) is 18.1 Å². The van der Waals surface area contributed by atoms with Crippen molar-refractivity contribution in [2.75, 3.05) is 25.1 Å². The number of ether oxygens (including phenoxy) is 3. The molecule has 7 nitrogen and oxygen atoms in total. The van der Waals surface area contributed by atoms with Crippen molar-refractivity contribution in [2.45, 2.75) is 0 Å². The Morgan fingerprint density at radius 3 is 2.75 bits per heavy atom. The van der Waals surface area contributed by atoms with E-state index in [9.17, 15) is 9.59 Å². The van der Waals surface area contributed by atoms with Crippen molar-refractivity contribution >= 4 is 35.2 Å². The van der Waals surface area contributed by atoms with Gasteiger partial charge in [0.1, 0.15) is 19.3 Å². The van der Waals surface area contributed by atoms with Gasteiger partial charge in [-0.15, -0.1) is 0 Å². The monoisotopic (exact) mass is 398 g/mol. The smallest absolute Gasteiger partial charge is 0.331 e. The van der Waals surface area contributed by atoms with Crippen molar-refractivity contribution < 1.29 is 23.8 Å². The van der Waals surface area contributed by atoms with Crippen molar-refractivity contribution in [1.82, 2.24) is 0 Å². The van der Waals surface area contributed by atoms with E-state index in [1.165, 1.54) is 18.2 Å². The first-order chi connectivity index (χ1) is 13.5. The number of amides is 1. The molecule has 2 aromatic carbocycles. The number of halogens is 1. The van der Waals surface area contributed by atoms with Gasteiger partial charge < -0.3 is 19.5 Å². The number of hydrogen-bond donors (Lipinski definition) is 1. The van der Waals surface area contributed by atoms with E-state index in [1.807, 2.05) is 6.07 Å². The lowest BCUT2D eigenvalue weighted by Crippen LogP contribution is -2.20. The Bertz CT molecular complexity index is 981. The zero-order valence-electron chi connectivity index (χ0n) is 14.6. The average molecular weight is 399 g/mol. The van der Waals surface area contributed by atoms with Gasteiger partial charge in [-0.25, -0.2) is 4.79 Å². The number of nitriles is 1. The van der Waals surface area contributed by atoms with Crippen molar-refractivity contribution in [1.29, 1.82) is 5.26 Å². The lowest BCUT2D eigenvalue weighted by molar-refractivity contribution is -0.142. The Kier molecular flexibility index (Phi) is 6.14. The lowest BCUT2D eigenvalue weighted by atomic mass is 10.2. The van der Waals surface area contributed by atoms with Crippen LogP contribution in [0.4, 0.5) is 5.69 Å². The maximum Gasteiger partial charge on any atom is 0.331 e. The highest BCUT2D eigenvalue weighted by atomic mass is 35.5. The van der Waals surface area contributed by atoms with Crippen molar-refractivity contribution in [3.05, 3.63) is 58.6 Å². The Balaban J connectivity index is 1.53. The van der Waals surface area contributed by atoms with Crippen molar-refractivity contribution in [3.8, 4) is 17.6 Å². The Morgan fingerprint density at radius 1 is 1.18 bits per heavy atom. The second kappa shape index (κ2) is 8.93. The van der Waals surface area contributed by atoms with Gasteiger partial charge in [-0.1, -0.05) is 17.7 Å². The van der Waals surface area contributed by atoms with E-state index in [0.717, 1.165) is 5.56 Å². The molecule has 0 atom stereocenters. The van der Waals surface area contributed by atoms with Crippen LogP contribution in [0.3, 0.4) is 0 Å². The Morgan fingerprint density at radius 2 is 1.96 bits per heavy atom. The minimum absolute atomic E-state index is 0.252. The van der Waals surface area contributed by atoms with E-state index in [0.29, 0.717) is 29.7 Å². The van der Waals surface area contributed by atoms with E-state index in [4.69, 9.17) is 31.1 Å². The fraction of sp³-hybridized carbons (Fsp3) is 0.150. The number of carbonyl (C=O) groups excluding carboxylic acids is 2. The predicted molar refractivity (Wildman–Crippen MR) is 102 cm³/mol. The molecule has 1 aliphatic heterocycles. The lowest BCUT2D eigenvalue weighted by Gasteiger charge is -2.18. The zero-order chi connectivity index (χ0) is 19.9. The molecule has 0 aromatic heterocycles. The van der Waals surface area contributed by atoms with Crippen LogP contribution in [0, 0.1) is 11.3 Å². The molecule has 0 saturated carbocycles. The fourth-order valence-electron chi connectivity index (χ4n) is 2.42. The van der Waals surface area contributed by atoms with Crippen LogP contribution in [-0.2, 0) is 14.3 Å². The minimum atomic E-state index is -0.684. The largest absolute Gasteiger partial charge is 0.486 e. The summed E-state index contributed by atoms with van der Waals surface area (Å²) >= 11 is 5.86. The summed E-state index contributed by atoms with van der Waals surface area (Å²) in [5.74, 6) is -0.00662. The number of fused-ring (bicyclic) bond motifs is 1. The van der Waals surface area contributed by atoms with Gasteiger partial charge in [-0.2, -0.15) is 5.26 Å². The number of rotatable bonds is 5. The van der Waals surface area contributed by atoms with Crippen LogP contribution in [-0.4, -0.2) is 31.7 Å². The van der Waals surface area contributed by atoms with Gasteiger partial charge in [0, 0.05) is 11.1 Å². The highest BCUT2D eigenvalue weighted by Crippen LogP contribution is 2.31. The van der Waals surface area contributed by atoms with Gasteiger partial charge in [0.25, 0.3) is 5.91 Å². The maximum atomic E-state index is 11.9. The highest BCUT2D eigenvalue weighted by molar-refractivity contribution is 6.31. The second-order valence-electron chi connectivity index (χ2n) is 5.69. The molecule has 2 aromatic rings. The molecule has 1 N–H and O–H groups in total. The molecule has 0 fully saturated rings. The van der Waals surface area contributed by atoms with Crippen LogP contribution < -0.4 is 14.8 Å². The number of anilines is 1. The molecule has 1 amide bonds. The normalized spacial score (nSPS) is 12.3. The van der Waals surface area contributed by atoms with Crippen LogP contribution >= 0.6 is 11.6 Å². The summed E-state index contributed by atoms with van der Waals surface area (Å²) in [7, 11) is 0. The predicted octanol–water partition coefficient (Wildman–Crippen LogP) is 3.18. The summed E-state index contributed by atoms with van der Waals surface area (Å²) in [4.78, 5) is 23.8. The number of benzene rings is 2. The summed E-state index contributed by atoms with van der Waals surface area (Å²) in [6.45, 7) is 0.473. The third-order valence-corrected chi connectivity index (χ3v) is 3.93. The molecule has 1 heterocycles. The summed E-state index contributed by atoms with van der Waals surface area (Å²) in [6, 6.07) is 11.7. The van der Waals surface area contributed by atoms with Gasteiger partial charge in [0.05, 0.1) is 11.3 Å². The van der Waals surface area contributed by atoms with Crippen molar-refractivity contribution in [2.24, 2.45) is 0 Å². The molecule has 0 spiro atoms. The second-order valence-corrected chi connectivity index (χ2v) is 6.13. The quantitative estimate of drug-likeness (QED) is 0.613. The zero-order valence-corrected chi connectivity index (χ0v) is 15.4. The molecular weight excluding hydrogens is 384 g/mol. The standard InChI is InChI=1S/C20H15ClN2O5/c21-15-4-3-14(11-22)16(10-15)23-19(24)12-28-20(25)6-2-13-1-5-17-18(9-13)27-8-7-26-17/h1-6,9-10H,7-8,12H2,(H,23,24)/b6-2+. The first kappa shape index (κ1) is 19.3. The molecule has 0 radical (unpaired) electrons.